The Balaban J connectivity index is 1.42. The largest absolute Gasteiger partial charge is 0.350 e. The third-order valence-corrected chi connectivity index (χ3v) is 6.53. The van der Waals surface area contributed by atoms with Crippen LogP contribution in [0.3, 0.4) is 0 Å². The molecular weight excluding hydrogens is 427 g/mol. The summed E-state index contributed by atoms with van der Waals surface area (Å²) in [6, 6.07) is 9.98. The molecule has 2 N–H and O–H groups in total. The number of H-pyrrole nitrogens is 1. The summed E-state index contributed by atoms with van der Waals surface area (Å²) in [7, 11) is 0. The number of rotatable bonds is 6. The van der Waals surface area contributed by atoms with E-state index in [1.165, 1.54) is 17.0 Å². The Hall–Kier alpha value is -2.62. The van der Waals surface area contributed by atoms with Crippen LogP contribution < -0.4 is 5.32 Å². The van der Waals surface area contributed by atoms with Crippen molar-refractivity contribution in [2.45, 2.75) is 13.3 Å². The van der Waals surface area contributed by atoms with E-state index in [1.807, 2.05) is 6.92 Å². The summed E-state index contributed by atoms with van der Waals surface area (Å²) in [5.74, 6) is -0.585. The van der Waals surface area contributed by atoms with Gasteiger partial charge in [0.25, 0.3) is 5.91 Å². The molecule has 0 saturated heterocycles. The summed E-state index contributed by atoms with van der Waals surface area (Å²) in [6.07, 6.45) is 2.29. The molecule has 3 aromatic heterocycles. The molecule has 5 nitrogen and oxygen atoms in total. The standard InChI is InChI=1S/C20H17FN4OS3/c1-12-24-16(11-28-12)18-7-6-15(29-18)8-9-22-19(26)17-10-23-20(27)25(17)14-4-2-13(21)3-5-14/h2-7,10-11H,8-9H2,1H3,(H,22,26)(H,23,27). The maximum absolute atomic E-state index is 13.2. The number of aromatic nitrogens is 3. The topological polar surface area (TPSA) is 62.7 Å². The molecule has 9 heteroatoms. The monoisotopic (exact) mass is 444 g/mol. The highest BCUT2D eigenvalue weighted by Gasteiger charge is 2.14. The quantitative estimate of drug-likeness (QED) is 0.405. The molecule has 29 heavy (non-hydrogen) atoms. The molecule has 4 rings (SSSR count). The van der Waals surface area contributed by atoms with Gasteiger partial charge in [-0.1, -0.05) is 0 Å². The van der Waals surface area contributed by atoms with Crippen LogP contribution in [-0.2, 0) is 6.42 Å². The van der Waals surface area contributed by atoms with Gasteiger partial charge in [0.2, 0.25) is 0 Å². The second kappa shape index (κ2) is 8.40. The summed E-state index contributed by atoms with van der Waals surface area (Å²) in [5.41, 5.74) is 2.01. The first kappa shape index (κ1) is 19.7. The van der Waals surface area contributed by atoms with Crippen LogP contribution in [0, 0.1) is 17.5 Å². The second-order valence-electron chi connectivity index (χ2n) is 6.31. The van der Waals surface area contributed by atoms with Crippen molar-refractivity contribution in [3.05, 3.63) is 74.1 Å². The number of hydrogen-bond donors (Lipinski definition) is 2. The minimum absolute atomic E-state index is 0.242. The number of hydrogen-bond acceptors (Lipinski definition) is 5. The van der Waals surface area contributed by atoms with Crippen molar-refractivity contribution in [3.8, 4) is 16.3 Å². The summed E-state index contributed by atoms with van der Waals surface area (Å²) in [6.45, 7) is 2.49. The van der Waals surface area contributed by atoms with E-state index >= 15 is 0 Å². The SMILES string of the molecule is Cc1nc(-c2ccc(CCNC(=O)c3c[nH]c(=S)n3-c3ccc(F)cc3)s2)cs1. The number of imidazole rings is 1. The molecule has 0 spiro atoms. The third kappa shape index (κ3) is 4.36. The van der Waals surface area contributed by atoms with Crippen LogP contribution in [0.1, 0.15) is 20.4 Å². The molecule has 0 bridgehead atoms. The van der Waals surface area contributed by atoms with Gasteiger partial charge in [0, 0.05) is 28.7 Å². The number of aromatic amines is 1. The first-order valence-corrected chi connectivity index (χ1v) is 11.0. The lowest BCUT2D eigenvalue weighted by atomic mass is 10.3. The number of thiazole rings is 1. The van der Waals surface area contributed by atoms with Crippen LogP contribution in [0.2, 0.25) is 0 Å². The molecule has 1 aromatic carbocycles. The van der Waals surface area contributed by atoms with Gasteiger partial charge >= 0.3 is 0 Å². The first-order chi connectivity index (χ1) is 14.0. The van der Waals surface area contributed by atoms with E-state index in [1.54, 1.807) is 45.6 Å². The lowest BCUT2D eigenvalue weighted by Gasteiger charge is -2.09. The fourth-order valence-electron chi connectivity index (χ4n) is 2.90. The Morgan fingerprint density at radius 1 is 1.28 bits per heavy atom. The van der Waals surface area contributed by atoms with Crippen LogP contribution in [0.4, 0.5) is 4.39 Å². The van der Waals surface area contributed by atoms with E-state index in [-0.39, 0.29) is 11.7 Å². The highest BCUT2D eigenvalue weighted by Crippen LogP contribution is 2.29. The molecular formula is C20H17FN4OS3. The number of halogens is 1. The fraction of sp³-hybridized carbons (Fsp3) is 0.150. The van der Waals surface area contributed by atoms with Crippen molar-refractivity contribution < 1.29 is 9.18 Å². The van der Waals surface area contributed by atoms with Gasteiger partial charge < -0.3 is 10.3 Å². The number of nitrogens with one attached hydrogen (secondary N) is 2. The molecule has 0 radical (unpaired) electrons. The van der Waals surface area contributed by atoms with Gasteiger partial charge in [-0.05, 0) is 62.0 Å². The summed E-state index contributed by atoms with van der Waals surface area (Å²) in [5, 5.41) is 6.03. The highest BCUT2D eigenvalue weighted by molar-refractivity contribution is 7.71. The Morgan fingerprint density at radius 2 is 2.07 bits per heavy atom. The zero-order valence-corrected chi connectivity index (χ0v) is 17.9. The van der Waals surface area contributed by atoms with E-state index < -0.39 is 0 Å². The smallest absolute Gasteiger partial charge is 0.269 e. The molecule has 0 aliphatic rings. The zero-order valence-electron chi connectivity index (χ0n) is 15.4. The van der Waals surface area contributed by atoms with Crippen LogP contribution in [0.25, 0.3) is 16.3 Å². The highest BCUT2D eigenvalue weighted by atomic mass is 32.1. The zero-order chi connectivity index (χ0) is 20.4. The Morgan fingerprint density at radius 3 is 2.79 bits per heavy atom. The normalized spacial score (nSPS) is 11.0. The number of carbonyl (C=O) groups is 1. The number of nitrogens with zero attached hydrogens (tertiary/aromatic N) is 2. The minimum atomic E-state index is -0.343. The molecule has 0 fully saturated rings. The maximum Gasteiger partial charge on any atom is 0.269 e. The van der Waals surface area contributed by atoms with Crippen molar-refractivity contribution in [1.82, 2.24) is 19.9 Å². The molecule has 1 amide bonds. The van der Waals surface area contributed by atoms with Crippen molar-refractivity contribution in [1.29, 1.82) is 0 Å². The predicted octanol–water partition coefficient (Wildman–Crippen LogP) is 5.14. The predicted molar refractivity (Wildman–Crippen MR) is 117 cm³/mol. The van der Waals surface area contributed by atoms with Crippen molar-refractivity contribution in [2.24, 2.45) is 0 Å². The molecule has 4 aromatic rings. The molecule has 3 heterocycles. The number of amides is 1. The first-order valence-electron chi connectivity index (χ1n) is 8.87. The van der Waals surface area contributed by atoms with E-state index in [2.05, 4.69) is 32.8 Å². The van der Waals surface area contributed by atoms with Gasteiger partial charge in [0.1, 0.15) is 11.5 Å². The van der Waals surface area contributed by atoms with Gasteiger partial charge in [0.05, 0.1) is 15.6 Å². The number of thiophene rings is 1. The number of benzene rings is 1. The second-order valence-corrected chi connectivity index (χ2v) is 8.93. The van der Waals surface area contributed by atoms with Gasteiger partial charge in [-0.2, -0.15) is 0 Å². The molecule has 0 unspecified atom stereocenters. The minimum Gasteiger partial charge on any atom is -0.350 e. The van der Waals surface area contributed by atoms with Gasteiger partial charge in [0.15, 0.2) is 4.77 Å². The average Bonchev–Trinajstić information content (AvgIpc) is 3.42. The number of carbonyl (C=O) groups excluding carboxylic acids is 1. The molecule has 0 aliphatic carbocycles. The third-order valence-electron chi connectivity index (χ3n) is 4.28. The molecule has 0 aliphatic heterocycles. The Labute approximate surface area is 179 Å². The van der Waals surface area contributed by atoms with Crippen molar-refractivity contribution in [2.75, 3.05) is 6.54 Å². The summed E-state index contributed by atoms with van der Waals surface area (Å²) in [4.78, 5) is 22.4. The molecule has 0 atom stereocenters. The van der Waals surface area contributed by atoms with E-state index in [4.69, 9.17) is 12.2 Å². The lowest BCUT2D eigenvalue weighted by Crippen LogP contribution is -2.27. The van der Waals surface area contributed by atoms with Gasteiger partial charge in [-0.25, -0.2) is 9.37 Å². The van der Waals surface area contributed by atoms with Crippen molar-refractivity contribution >= 4 is 40.8 Å². The van der Waals surface area contributed by atoms with Gasteiger partial charge in [-0.3, -0.25) is 9.36 Å². The fourth-order valence-corrected chi connectivity index (χ4v) is 4.82. The Kier molecular flexibility index (Phi) is 5.70. The van der Waals surface area contributed by atoms with Crippen LogP contribution in [-0.4, -0.2) is 27.0 Å². The van der Waals surface area contributed by atoms with Gasteiger partial charge in [-0.15, -0.1) is 22.7 Å². The van der Waals surface area contributed by atoms with Crippen LogP contribution in [0.15, 0.2) is 48.0 Å². The summed E-state index contributed by atoms with van der Waals surface area (Å²) >= 11 is 8.59. The molecule has 0 saturated carbocycles. The average molecular weight is 445 g/mol. The van der Waals surface area contributed by atoms with Crippen LogP contribution >= 0.6 is 34.9 Å². The van der Waals surface area contributed by atoms with E-state index in [0.29, 0.717) is 22.7 Å². The Bertz CT molecular complexity index is 1200. The molecule has 148 valence electrons. The lowest BCUT2D eigenvalue weighted by molar-refractivity contribution is 0.0947. The van der Waals surface area contributed by atoms with E-state index in [9.17, 15) is 9.18 Å². The van der Waals surface area contributed by atoms with Crippen LogP contribution in [0.5, 0.6) is 0 Å². The van der Waals surface area contributed by atoms with E-state index in [0.717, 1.165) is 22.0 Å². The summed E-state index contributed by atoms with van der Waals surface area (Å²) < 4.78 is 15.2. The number of aryl methyl sites for hydroxylation is 1. The maximum atomic E-state index is 13.2. The van der Waals surface area contributed by atoms with Crippen molar-refractivity contribution in [3.63, 3.8) is 0 Å².